The zero-order chi connectivity index (χ0) is 13.1. The molecule has 1 heterocycles. The van der Waals surface area contributed by atoms with Gasteiger partial charge in [0.05, 0.1) is 0 Å². The van der Waals surface area contributed by atoms with Crippen LogP contribution in [0.4, 0.5) is 0 Å². The summed E-state index contributed by atoms with van der Waals surface area (Å²) in [5.41, 5.74) is 0. The maximum Gasteiger partial charge on any atom is 0.0220 e. The van der Waals surface area contributed by atoms with Crippen molar-refractivity contribution in [2.24, 2.45) is 11.8 Å². The monoisotopic (exact) mass is 264 g/mol. The van der Waals surface area contributed by atoms with Gasteiger partial charge in [-0.3, -0.25) is 4.90 Å². The second-order valence-electron chi connectivity index (χ2n) is 7.21. The Kier molecular flexibility index (Phi) is 4.81. The van der Waals surface area contributed by atoms with Gasteiger partial charge in [-0.25, -0.2) is 0 Å². The van der Waals surface area contributed by atoms with E-state index >= 15 is 0 Å². The third kappa shape index (κ3) is 3.72. The molecule has 0 aromatic rings. The van der Waals surface area contributed by atoms with E-state index in [2.05, 4.69) is 17.1 Å². The van der Waals surface area contributed by atoms with Gasteiger partial charge in [-0.05, 0) is 50.5 Å². The summed E-state index contributed by atoms with van der Waals surface area (Å²) in [6.07, 6.45) is 13.1. The molecule has 3 unspecified atom stereocenters. The minimum atomic E-state index is 0.813. The van der Waals surface area contributed by atoms with Gasteiger partial charge in [0, 0.05) is 25.2 Å². The molecule has 0 radical (unpaired) electrons. The third-order valence-corrected chi connectivity index (χ3v) is 5.68. The van der Waals surface area contributed by atoms with E-state index in [1.165, 1.54) is 77.4 Å². The molecule has 2 saturated carbocycles. The Balaban J connectivity index is 1.52. The molecule has 0 bridgehead atoms. The molecule has 1 saturated heterocycles. The van der Waals surface area contributed by atoms with Crippen LogP contribution in [0.15, 0.2) is 0 Å². The molecule has 1 aliphatic heterocycles. The molecule has 3 rings (SSSR count). The number of nitrogens with one attached hydrogen (secondary N) is 1. The number of rotatable bonds is 6. The van der Waals surface area contributed by atoms with Crippen LogP contribution in [-0.4, -0.2) is 36.6 Å². The van der Waals surface area contributed by atoms with Gasteiger partial charge in [0.15, 0.2) is 0 Å². The smallest absolute Gasteiger partial charge is 0.0220 e. The molecular weight excluding hydrogens is 232 g/mol. The fraction of sp³-hybridized carbons (Fsp3) is 1.00. The van der Waals surface area contributed by atoms with Crippen molar-refractivity contribution in [3.05, 3.63) is 0 Å². The Hall–Kier alpha value is -0.0800. The zero-order valence-corrected chi connectivity index (χ0v) is 12.7. The average Bonchev–Trinajstić information content (AvgIpc) is 3.27. The van der Waals surface area contributed by atoms with Gasteiger partial charge in [0.25, 0.3) is 0 Å². The molecule has 0 spiro atoms. The molecule has 0 aromatic carbocycles. The highest BCUT2D eigenvalue weighted by atomic mass is 15.2. The lowest BCUT2D eigenvalue weighted by atomic mass is 9.75. The van der Waals surface area contributed by atoms with Crippen LogP contribution in [0.5, 0.6) is 0 Å². The number of nitrogens with zero attached hydrogens (tertiary/aromatic N) is 1. The lowest BCUT2D eigenvalue weighted by Crippen LogP contribution is -2.50. The van der Waals surface area contributed by atoms with Gasteiger partial charge >= 0.3 is 0 Å². The molecule has 3 fully saturated rings. The van der Waals surface area contributed by atoms with Crippen LogP contribution in [0.1, 0.15) is 64.7 Å². The molecule has 2 aliphatic carbocycles. The zero-order valence-electron chi connectivity index (χ0n) is 12.7. The van der Waals surface area contributed by atoms with Crippen molar-refractivity contribution in [2.45, 2.75) is 76.8 Å². The summed E-state index contributed by atoms with van der Waals surface area (Å²) in [4.78, 5) is 2.84. The fourth-order valence-electron chi connectivity index (χ4n) is 4.30. The molecule has 0 amide bonds. The van der Waals surface area contributed by atoms with Gasteiger partial charge < -0.3 is 5.32 Å². The molecule has 2 heteroatoms. The van der Waals surface area contributed by atoms with Gasteiger partial charge in [-0.2, -0.15) is 0 Å². The van der Waals surface area contributed by atoms with E-state index in [-0.39, 0.29) is 0 Å². The summed E-state index contributed by atoms with van der Waals surface area (Å²) < 4.78 is 0. The molecule has 110 valence electrons. The van der Waals surface area contributed by atoms with Crippen LogP contribution < -0.4 is 5.32 Å². The number of piperidine rings is 1. The first kappa shape index (κ1) is 13.9. The summed E-state index contributed by atoms with van der Waals surface area (Å²) in [6.45, 7) is 6.37. The topological polar surface area (TPSA) is 15.3 Å². The lowest BCUT2D eigenvalue weighted by molar-refractivity contribution is 0.0532. The number of hydrogen-bond donors (Lipinski definition) is 1. The number of likely N-dealkylation sites (tertiary alicyclic amines) is 1. The minimum absolute atomic E-state index is 0.813. The third-order valence-electron chi connectivity index (χ3n) is 5.68. The maximum absolute atomic E-state index is 3.77. The fourth-order valence-corrected chi connectivity index (χ4v) is 4.30. The molecule has 2 nitrogen and oxygen atoms in total. The van der Waals surface area contributed by atoms with Crippen LogP contribution in [0.2, 0.25) is 0 Å². The van der Waals surface area contributed by atoms with Crippen molar-refractivity contribution in [2.75, 3.05) is 19.6 Å². The van der Waals surface area contributed by atoms with Crippen molar-refractivity contribution >= 4 is 0 Å². The van der Waals surface area contributed by atoms with E-state index in [4.69, 9.17) is 0 Å². The van der Waals surface area contributed by atoms with Crippen LogP contribution in [0.3, 0.4) is 0 Å². The normalized spacial score (nSPS) is 33.9. The molecule has 3 aliphatic rings. The van der Waals surface area contributed by atoms with Crippen LogP contribution in [-0.2, 0) is 0 Å². The maximum atomic E-state index is 3.77. The van der Waals surface area contributed by atoms with Crippen molar-refractivity contribution in [1.29, 1.82) is 0 Å². The van der Waals surface area contributed by atoms with E-state index in [0.29, 0.717) is 0 Å². The van der Waals surface area contributed by atoms with E-state index in [1.54, 1.807) is 0 Å². The van der Waals surface area contributed by atoms with Gasteiger partial charge in [-0.1, -0.05) is 32.6 Å². The Morgan fingerprint density at radius 3 is 2.58 bits per heavy atom. The first-order chi connectivity index (χ1) is 9.36. The Morgan fingerprint density at radius 1 is 1.05 bits per heavy atom. The standard InChI is InChI=1S/C17H32N2/c1-2-5-17(12-18-16-8-9-16)19-11-10-14-6-3-4-7-15(14)13-19/h14-18H,2-13H2,1H3. The molecule has 3 atom stereocenters. The van der Waals surface area contributed by atoms with E-state index < -0.39 is 0 Å². The van der Waals surface area contributed by atoms with Crippen LogP contribution >= 0.6 is 0 Å². The van der Waals surface area contributed by atoms with Gasteiger partial charge in [-0.15, -0.1) is 0 Å². The van der Waals surface area contributed by atoms with E-state index in [1.807, 2.05) is 0 Å². The quantitative estimate of drug-likeness (QED) is 0.791. The van der Waals surface area contributed by atoms with Crippen molar-refractivity contribution < 1.29 is 0 Å². The van der Waals surface area contributed by atoms with Crippen LogP contribution in [0, 0.1) is 11.8 Å². The molecular formula is C17H32N2. The highest BCUT2D eigenvalue weighted by Gasteiger charge is 2.33. The van der Waals surface area contributed by atoms with E-state index in [9.17, 15) is 0 Å². The van der Waals surface area contributed by atoms with Crippen molar-refractivity contribution in [3.8, 4) is 0 Å². The van der Waals surface area contributed by atoms with E-state index in [0.717, 1.165) is 23.9 Å². The van der Waals surface area contributed by atoms with Gasteiger partial charge in [0.1, 0.15) is 0 Å². The average molecular weight is 264 g/mol. The van der Waals surface area contributed by atoms with Crippen molar-refractivity contribution in [1.82, 2.24) is 10.2 Å². The second-order valence-corrected chi connectivity index (χ2v) is 7.21. The molecule has 0 aromatic heterocycles. The predicted octanol–water partition coefficient (Wildman–Crippen LogP) is 3.42. The minimum Gasteiger partial charge on any atom is -0.312 e. The number of hydrogen-bond acceptors (Lipinski definition) is 2. The number of fused-ring (bicyclic) bond motifs is 1. The first-order valence-electron chi connectivity index (χ1n) is 8.84. The molecule has 19 heavy (non-hydrogen) atoms. The summed E-state index contributed by atoms with van der Waals surface area (Å²) in [6, 6.07) is 1.68. The highest BCUT2D eigenvalue weighted by molar-refractivity contribution is 4.89. The highest BCUT2D eigenvalue weighted by Crippen LogP contribution is 2.36. The summed E-state index contributed by atoms with van der Waals surface area (Å²) in [5, 5.41) is 3.77. The SMILES string of the molecule is CCCC(CNC1CC1)N1CCC2CCCCC2C1. The Labute approximate surface area is 119 Å². The lowest BCUT2D eigenvalue weighted by Gasteiger charge is -2.44. The molecule has 1 N–H and O–H groups in total. The summed E-state index contributed by atoms with van der Waals surface area (Å²) in [7, 11) is 0. The Bertz CT molecular complexity index is 274. The van der Waals surface area contributed by atoms with Crippen molar-refractivity contribution in [3.63, 3.8) is 0 Å². The first-order valence-corrected chi connectivity index (χ1v) is 8.84. The van der Waals surface area contributed by atoms with Crippen LogP contribution in [0.25, 0.3) is 0 Å². The summed E-state index contributed by atoms with van der Waals surface area (Å²) >= 11 is 0. The Morgan fingerprint density at radius 2 is 1.84 bits per heavy atom. The largest absolute Gasteiger partial charge is 0.312 e. The van der Waals surface area contributed by atoms with Gasteiger partial charge in [0.2, 0.25) is 0 Å². The predicted molar refractivity (Wildman–Crippen MR) is 81.4 cm³/mol. The second kappa shape index (κ2) is 6.58. The summed E-state index contributed by atoms with van der Waals surface area (Å²) in [5.74, 6) is 2.10.